The van der Waals surface area contributed by atoms with Crippen molar-refractivity contribution < 1.29 is 4.79 Å². The molecule has 0 unspecified atom stereocenters. The van der Waals surface area contributed by atoms with Crippen molar-refractivity contribution in [1.29, 1.82) is 0 Å². The number of carbonyl (C=O) groups excluding carboxylic acids is 1. The summed E-state index contributed by atoms with van der Waals surface area (Å²) in [6.45, 7) is 1.64. The first kappa shape index (κ1) is 15.4. The van der Waals surface area contributed by atoms with Gasteiger partial charge in [-0.3, -0.25) is 4.79 Å². The van der Waals surface area contributed by atoms with Crippen molar-refractivity contribution in [3.8, 4) is 0 Å². The van der Waals surface area contributed by atoms with Gasteiger partial charge in [0.25, 0.3) is 0 Å². The number of hydrogen-bond acceptors (Lipinski definition) is 3. The molecule has 0 aliphatic carbocycles. The largest absolute Gasteiger partial charge is 0.288 e. The van der Waals surface area contributed by atoms with Gasteiger partial charge in [0.05, 0.1) is 0 Å². The maximum atomic E-state index is 10.6. The third-order valence-corrected chi connectivity index (χ3v) is 3.57. The summed E-state index contributed by atoms with van der Waals surface area (Å²) in [6.07, 6.45) is 10.5. The van der Waals surface area contributed by atoms with E-state index in [1.165, 1.54) is 63.1 Å². The molecule has 0 aliphatic rings. The smallest absolute Gasteiger partial charge is 0.185 e. The summed E-state index contributed by atoms with van der Waals surface area (Å²) in [7, 11) is 0. The second kappa shape index (κ2) is 12.4. The molecular weight excluding hydrogens is 224 g/mol. The number of thiol groups is 1. The normalized spacial score (nSPS) is 10.5. The van der Waals surface area contributed by atoms with Gasteiger partial charge < -0.3 is 0 Å². The Bertz CT molecular complexity index is 149. The SMILES string of the molecule is CC(=O)SCCCCCCCCCCS. The highest BCUT2D eigenvalue weighted by Crippen LogP contribution is 2.11. The molecule has 0 aromatic carbocycles. The van der Waals surface area contributed by atoms with Gasteiger partial charge in [-0.05, 0) is 18.6 Å². The van der Waals surface area contributed by atoms with Crippen LogP contribution in [0.4, 0.5) is 0 Å². The molecule has 0 fully saturated rings. The van der Waals surface area contributed by atoms with E-state index in [-0.39, 0.29) is 5.12 Å². The van der Waals surface area contributed by atoms with Crippen LogP contribution in [0.5, 0.6) is 0 Å². The lowest BCUT2D eigenvalue weighted by Crippen LogP contribution is -1.87. The number of rotatable bonds is 10. The Morgan fingerprint density at radius 3 is 1.87 bits per heavy atom. The van der Waals surface area contributed by atoms with Crippen LogP contribution in [0.1, 0.15) is 58.3 Å². The van der Waals surface area contributed by atoms with Gasteiger partial charge in [0.2, 0.25) is 0 Å². The van der Waals surface area contributed by atoms with E-state index in [1.54, 1.807) is 6.92 Å². The van der Waals surface area contributed by atoms with Crippen molar-refractivity contribution >= 4 is 29.5 Å². The minimum absolute atomic E-state index is 0.252. The van der Waals surface area contributed by atoms with E-state index < -0.39 is 0 Å². The lowest BCUT2D eigenvalue weighted by atomic mass is 10.1. The molecule has 0 saturated carbocycles. The summed E-state index contributed by atoms with van der Waals surface area (Å²) in [5, 5.41) is 0.252. The summed E-state index contributed by atoms with van der Waals surface area (Å²) in [6, 6.07) is 0. The lowest BCUT2D eigenvalue weighted by molar-refractivity contribution is -0.109. The van der Waals surface area contributed by atoms with Crippen LogP contribution in [0.3, 0.4) is 0 Å². The molecule has 0 rings (SSSR count). The monoisotopic (exact) mass is 248 g/mol. The van der Waals surface area contributed by atoms with E-state index in [2.05, 4.69) is 12.6 Å². The van der Waals surface area contributed by atoms with Gasteiger partial charge >= 0.3 is 0 Å². The molecule has 0 amide bonds. The molecule has 0 spiro atoms. The Morgan fingerprint density at radius 1 is 0.933 bits per heavy atom. The molecule has 0 aliphatic heterocycles. The molecule has 0 aromatic heterocycles. The van der Waals surface area contributed by atoms with Gasteiger partial charge in [0.1, 0.15) is 0 Å². The molecule has 3 heteroatoms. The Hall–Kier alpha value is 0.370. The predicted molar refractivity (Wildman–Crippen MR) is 73.9 cm³/mol. The molecule has 0 aromatic rings. The Morgan fingerprint density at radius 2 is 1.40 bits per heavy atom. The highest BCUT2D eigenvalue weighted by atomic mass is 32.2. The fraction of sp³-hybridized carbons (Fsp3) is 0.917. The number of unbranched alkanes of at least 4 members (excludes halogenated alkanes) is 7. The molecule has 0 saturated heterocycles. The third kappa shape index (κ3) is 14.4. The van der Waals surface area contributed by atoms with E-state index >= 15 is 0 Å². The Kier molecular flexibility index (Phi) is 12.7. The molecule has 0 atom stereocenters. The van der Waals surface area contributed by atoms with Crippen LogP contribution >= 0.6 is 24.4 Å². The average Bonchev–Trinajstić information content (AvgIpc) is 2.20. The summed E-state index contributed by atoms with van der Waals surface area (Å²) in [4.78, 5) is 10.6. The maximum absolute atomic E-state index is 10.6. The van der Waals surface area contributed by atoms with Crippen molar-refractivity contribution in [2.45, 2.75) is 58.3 Å². The second-order valence-electron chi connectivity index (χ2n) is 3.89. The van der Waals surface area contributed by atoms with E-state index in [0.29, 0.717) is 0 Å². The van der Waals surface area contributed by atoms with Crippen molar-refractivity contribution in [3.05, 3.63) is 0 Å². The van der Waals surface area contributed by atoms with Crippen LogP contribution in [0.15, 0.2) is 0 Å². The topological polar surface area (TPSA) is 17.1 Å². The van der Waals surface area contributed by atoms with Crippen LogP contribution in [-0.2, 0) is 4.79 Å². The van der Waals surface area contributed by atoms with Crippen molar-refractivity contribution in [2.24, 2.45) is 0 Å². The first-order valence-electron chi connectivity index (χ1n) is 6.01. The average molecular weight is 248 g/mol. The summed E-state index contributed by atoms with van der Waals surface area (Å²) >= 11 is 5.65. The van der Waals surface area contributed by atoms with Crippen molar-refractivity contribution in [2.75, 3.05) is 11.5 Å². The fourth-order valence-corrected chi connectivity index (χ4v) is 2.35. The van der Waals surface area contributed by atoms with Crippen LogP contribution in [0.2, 0.25) is 0 Å². The summed E-state index contributed by atoms with van der Waals surface area (Å²) in [5.41, 5.74) is 0. The zero-order valence-electron chi connectivity index (χ0n) is 9.83. The maximum Gasteiger partial charge on any atom is 0.185 e. The lowest BCUT2D eigenvalue weighted by Gasteiger charge is -2.01. The van der Waals surface area contributed by atoms with Crippen LogP contribution in [-0.4, -0.2) is 16.6 Å². The highest BCUT2D eigenvalue weighted by Gasteiger charge is 1.94. The standard InChI is InChI=1S/C12H24OS2/c1-12(13)15-11-9-7-5-3-2-4-6-8-10-14/h14H,2-11H2,1H3. The van der Waals surface area contributed by atoms with Gasteiger partial charge in [-0.2, -0.15) is 12.6 Å². The van der Waals surface area contributed by atoms with E-state index in [1.807, 2.05) is 0 Å². The number of thioether (sulfide) groups is 1. The first-order valence-corrected chi connectivity index (χ1v) is 7.63. The number of hydrogen-bond donors (Lipinski definition) is 1. The molecule has 1 nitrogen and oxygen atoms in total. The zero-order valence-corrected chi connectivity index (χ0v) is 11.5. The van der Waals surface area contributed by atoms with Gasteiger partial charge in [0.15, 0.2) is 5.12 Å². The van der Waals surface area contributed by atoms with Gasteiger partial charge in [-0.15, -0.1) is 0 Å². The molecule has 90 valence electrons. The van der Waals surface area contributed by atoms with Crippen molar-refractivity contribution in [1.82, 2.24) is 0 Å². The van der Waals surface area contributed by atoms with Crippen molar-refractivity contribution in [3.63, 3.8) is 0 Å². The minimum Gasteiger partial charge on any atom is -0.288 e. The van der Waals surface area contributed by atoms with Crippen LogP contribution in [0.25, 0.3) is 0 Å². The van der Waals surface area contributed by atoms with Gasteiger partial charge in [-0.25, -0.2) is 0 Å². The zero-order chi connectivity index (χ0) is 11.4. The Labute approximate surface area is 104 Å². The first-order chi connectivity index (χ1) is 7.27. The molecule has 0 bridgehead atoms. The Balaban J connectivity index is 2.89. The fourth-order valence-electron chi connectivity index (χ4n) is 1.49. The molecule has 0 heterocycles. The molecule has 15 heavy (non-hydrogen) atoms. The minimum atomic E-state index is 0.252. The highest BCUT2D eigenvalue weighted by molar-refractivity contribution is 8.13. The number of carbonyl (C=O) groups is 1. The van der Waals surface area contributed by atoms with Crippen LogP contribution in [0, 0.1) is 0 Å². The van der Waals surface area contributed by atoms with Gasteiger partial charge in [0, 0.05) is 12.7 Å². The van der Waals surface area contributed by atoms with E-state index in [0.717, 1.165) is 11.5 Å². The summed E-state index contributed by atoms with van der Waals surface area (Å²) < 4.78 is 0. The predicted octanol–water partition coefficient (Wildman–Crippen LogP) is 4.32. The second-order valence-corrected chi connectivity index (χ2v) is 5.61. The molecule has 0 N–H and O–H groups in total. The summed E-state index contributed by atoms with van der Waals surface area (Å²) in [5.74, 6) is 2.04. The quantitative estimate of drug-likeness (QED) is 0.458. The molecule has 0 radical (unpaired) electrons. The van der Waals surface area contributed by atoms with E-state index in [4.69, 9.17) is 0 Å². The van der Waals surface area contributed by atoms with E-state index in [9.17, 15) is 4.79 Å². The van der Waals surface area contributed by atoms with Gasteiger partial charge in [-0.1, -0.05) is 50.3 Å². The third-order valence-electron chi connectivity index (χ3n) is 2.36. The van der Waals surface area contributed by atoms with Crippen LogP contribution < -0.4 is 0 Å². The molecular formula is C12H24OS2.